The molecule has 0 saturated heterocycles. The van der Waals surface area contributed by atoms with Gasteiger partial charge in [0, 0.05) is 7.11 Å². The quantitative estimate of drug-likeness (QED) is 0.697. The Morgan fingerprint density at radius 1 is 1.33 bits per heavy atom. The lowest BCUT2D eigenvalue weighted by molar-refractivity contribution is -0.155. The Kier molecular flexibility index (Phi) is 4.84. The topological polar surface area (TPSA) is 35.5 Å². The Morgan fingerprint density at radius 3 is 2.53 bits per heavy atom. The lowest BCUT2D eigenvalue weighted by atomic mass is 10.1. The average molecular weight is 208 g/mol. The highest BCUT2D eigenvalue weighted by molar-refractivity contribution is 5.76. The molecule has 0 N–H and O–H groups in total. The van der Waals surface area contributed by atoms with E-state index in [0.717, 1.165) is 12.0 Å². The molecule has 0 fully saturated rings. The molecule has 0 spiro atoms. The SMILES string of the molecule is CCCOC(=O)C(OC)c1ccccc1. The second-order valence-electron chi connectivity index (χ2n) is 3.19. The smallest absolute Gasteiger partial charge is 0.339 e. The fourth-order valence-corrected chi connectivity index (χ4v) is 1.27. The first-order chi connectivity index (χ1) is 7.29. The summed E-state index contributed by atoms with van der Waals surface area (Å²) < 4.78 is 10.2. The molecule has 0 saturated carbocycles. The first-order valence-corrected chi connectivity index (χ1v) is 5.04. The highest BCUT2D eigenvalue weighted by atomic mass is 16.6. The van der Waals surface area contributed by atoms with E-state index in [1.807, 2.05) is 37.3 Å². The number of benzene rings is 1. The highest BCUT2D eigenvalue weighted by Crippen LogP contribution is 2.17. The molecule has 0 radical (unpaired) electrons. The maximum absolute atomic E-state index is 11.6. The number of esters is 1. The molecule has 3 heteroatoms. The van der Waals surface area contributed by atoms with Crippen LogP contribution in [0.4, 0.5) is 0 Å². The Balaban J connectivity index is 2.67. The van der Waals surface area contributed by atoms with Crippen molar-refractivity contribution in [3.63, 3.8) is 0 Å². The number of ether oxygens (including phenoxy) is 2. The van der Waals surface area contributed by atoms with Crippen molar-refractivity contribution in [3.05, 3.63) is 35.9 Å². The summed E-state index contributed by atoms with van der Waals surface area (Å²) in [5, 5.41) is 0. The normalized spacial score (nSPS) is 12.1. The van der Waals surface area contributed by atoms with Gasteiger partial charge in [0.15, 0.2) is 6.10 Å². The van der Waals surface area contributed by atoms with Crippen LogP contribution in [0.1, 0.15) is 25.0 Å². The minimum absolute atomic E-state index is 0.328. The van der Waals surface area contributed by atoms with Crippen molar-refractivity contribution in [2.24, 2.45) is 0 Å². The summed E-state index contributed by atoms with van der Waals surface area (Å²) in [4.78, 5) is 11.6. The molecular weight excluding hydrogens is 192 g/mol. The van der Waals surface area contributed by atoms with E-state index in [1.54, 1.807) is 0 Å². The summed E-state index contributed by atoms with van der Waals surface area (Å²) in [6.07, 6.45) is 0.203. The van der Waals surface area contributed by atoms with Crippen molar-refractivity contribution >= 4 is 5.97 Å². The Morgan fingerprint density at radius 2 is 2.00 bits per heavy atom. The molecule has 1 aromatic rings. The lowest BCUT2D eigenvalue weighted by Gasteiger charge is -2.14. The average Bonchev–Trinajstić information content (AvgIpc) is 2.29. The monoisotopic (exact) mass is 208 g/mol. The van der Waals surface area contributed by atoms with Crippen molar-refractivity contribution in [2.45, 2.75) is 19.4 Å². The Labute approximate surface area is 90.0 Å². The van der Waals surface area contributed by atoms with Gasteiger partial charge in [0.25, 0.3) is 0 Å². The second kappa shape index (κ2) is 6.19. The molecule has 0 bridgehead atoms. The van der Waals surface area contributed by atoms with Crippen molar-refractivity contribution in [2.75, 3.05) is 13.7 Å². The van der Waals surface area contributed by atoms with Gasteiger partial charge in [-0.15, -0.1) is 0 Å². The highest BCUT2D eigenvalue weighted by Gasteiger charge is 2.20. The predicted octanol–water partition coefficient (Wildman–Crippen LogP) is 2.33. The molecule has 82 valence electrons. The first kappa shape index (κ1) is 11.7. The van der Waals surface area contributed by atoms with E-state index in [4.69, 9.17) is 9.47 Å². The summed E-state index contributed by atoms with van der Waals surface area (Å²) in [6.45, 7) is 2.39. The van der Waals surface area contributed by atoms with Gasteiger partial charge >= 0.3 is 5.97 Å². The zero-order chi connectivity index (χ0) is 11.1. The third-order valence-corrected chi connectivity index (χ3v) is 2.00. The largest absolute Gasteiger partial charge is 0.464 e. The van der Waals surface area contributed by atoms with E-state index in [1.165, 1.54) is 7.11 Å². The molecule has 1 aromatic carbocycles. The van der Waals surface area contributed by atoms with Gasteiger partial charge in [0.05, 0.1) is 6.61 Å². The van der Waals surface area contributed by atoms with E-state index in [0.29, 0.717) is 6.61 Å². The minimum atomic E-state index is -0.613. The molecule has 1 rings (SSSR count). The zero-order valence-corrected chi connectivity index (χ0v) is 9.10. The van der Waals surface area contributed by atoms with E-state index in [9.17, 15) is 4.79 Å². The van der Waals surface area contributed by atoms with Gasteiger partial charge in [-0.25, -0.2) is 4.79 Å². The standard InChI is InChI=1S/C12H16O3/c1-3-9-15-12(13)11(14-2)10-7-5-4-6-8-10/h4-8,11H,3,9H2,1-2H3. The van der Waals surface area contributed by atoms with Crippen LogP contribution < -0.4 is 0 Å². The molecule has 0 heterocycles. The summed E-state index contributed by atoms with van der Waals surface area (Å²) in [7, 11) is 1.50. The van der Waals surface area contributed by atoms with Crippen molar-refractivity contribution in [1.82, 2.24) is 0 Å². The second-order valence-corrected chi connectivity index (χ2v) is 3.19. The van der Waals surface area contributed by atoms with Crippen LogP contribution >= 0.6 is 0 Å². The number of rotatable bonds is 5. The number of hydrogen-bond donors (Lipinski definition) is 0. The van der Waals surface area contributed by atoms with E-state index < -0.39 is 6.10 Å². The third-order valence-electron chi connectivity index (χ3n) is 2.00. The lowest BCUT2D eigenvalue weighted by Crippen LogP contribution is -2.18. The van der Waals surface area contributed by atoms with Gasteiger partial charge < -0.3 is 9.47 Å². The molecule has 0 aliphatic heterocycles. The predicted molar refractivity (Wildman–Crippen MR) is 57.4 cm³/mol. The van der Waals surface area contributed by atoms with Crippen LogP contribution in [-0.2, 0) is 14.3 Å². The first-order valence-electron chi connectivity index (χ1n) is 5.04. The fourth-order valence-electron chi connectivity index (χ4n) is 1.27. The van der Waals surface area contributed by atoms with Crippen LogP contribution in [0.25, 0.3) is 0 Å². The Bertz CT molecular complexity index is 295. The summed E-state index contributed by atoms with van der Waals surface area (Å²) in [5.74, 6) is -0.328. The molecule has 15 heavy (non-hydrogen) atoms. The maximum atomic E-state index is 11.6. The number of hydrogen-bond acceptors (Lipinski definition) is 3. The summed E-state index contributed by atoms with van der Waals surface area (Å²) in [6, 6.07) is 9.33. The van der Waals surface area contributed by atoms with E-state index in [2.05, 4.69) is 0 Å². The van der Waals surface area contributed by atoms with E-state index in [-0.39, 0.29) is 5.97 Å². The van der Waals surface area contributed by atoms with Crippen LogP contribution in [0, 0.1) is 0 Å². The molecule has 1 unspecified atom stereocenters. The maximum Gasteiger partial charge on any atom is 0.339 e. The zero-order valence-electron chi connectivity index (χ0n) is 9.10. The van der Waals surface area contributed by atoms with Crippen LogP contribution in [-0.4, -0.2) is 19.7 Å². The van der Waals surface area contributed by atoms with Gasteiger partial charge in [-0.3, -0.25) is 0 Å². The van der Waals surface area contributed by atoms with Gasteiger partial charge in [-0.2, -0.15) is 0 Å². The molecule has 3 nitrogen and oxygen atoms in total. The molecule has 0 aromatic heterocycles. The molecule has 0 amide bonds. The number of carbonyl (C=O) groups is 1. The number of methoxy groups -OCH3 is 1. The Hall–Kier alpha value is -1.35. The van der Waals surface area contributed by atoms with Gasteiger partial charge in [0.2, 0.25) is 0 Å². The van der Waals surface area contributed by atoms with Crippen LogP contribution in [0.5, 0.6) is 0 Å². The van der Waals surface area contributed by atoms with Gasteiger partial charge in [-0.05, 0) is 12.0 Å². The van der Waals surface area contributed by atoms with Crippen molar-refractivity contribution in [1.29, 1.82) is 0 Å². The molecule has 0 aliphatic rings. The fraction of sp³-hybridized carbons (Fsp3) is 0.417. The van der Waals surface area contributed by atoms with Gasteiger partial charge in [0.1, 0.15) is 0 Å². The number of carbonyl (C=O) groups excluding carboxylic acids is 1. The molecule has 1 atom stereocenters. The molecular formula is C12H16O3. The van der Waals surface area contributed by atoms with Crippen LogP contribution in [0.3, 0.4) is 0 Å². The van der Waals surface area contributed by atoms with Crippen LogP contribution in [0.2, 0.25) is 0 Å². The minimum Gasteiger partial charge on any atom is -0.464 e. The van der Waals surface area contributed by atoms with Crippen LogP contribution in [0.15, 0.2) is 30.3 Å². The third kappa shape index (κ3) is 3.36. The molecule has 0 aliphatic carbocycles. The van der Waals surface area contributed by atoms with E-state index >= 15 is 0 Å². The summed E-state index contributed by atoms with van der Waals surface area (Å²) in [5.41, 5.74) is 0.820. The van der Waals surface area contributed by atoms with Crippen molar-refractivity contribution in [3.8, 4) is 0 Å². The summed E-state index contributed by atoms with van der Waals surface area (Å²) >= 11 is 0. The van der Waals surface area contributed by atoms with Gasteiger partial charge in [-0.1, -0.05) is 37.3 Å². The van der Waals surface area contributed by atoms with Crippen molar-refractivity contribution < 1.29 is 14.3 Å².